The number of hydrogen-bond donors (Lipinski definition) is 1. The lowest BCUT2D eigenvalue weighted by Gasteiger charge is -1.99. The largest absolute Gasteiger partial charge is 0.462 e. The number of nitrogens with two attached hydrogens (primary N) is 1. The molecule has 0 bridgehead atoms. The monoisotopic (exact) mass is 423 g/mol. The van der Waals surface area contributed by atoms with Crippen molar-refractivity contribution >= 4 is 66.2 Å². The Morgan fingerprint density at radius 3 is 2.63 bits per heavy atom. The topological polar surface area (TPSA) is 52.3 Å². The Bertz CT molecular complexity index is 634. The Hall–Kier alpha value is -0.370. The molecule has 0 fully saturated rings. The van der Waals surface area contributed by atoms with Crippen molar-refractivity contribution in [2.45, 2.75) is 13.8 Å². The van der Waals surface area contributed by atoms with Gasteiger partial charge in [0.1, 0.15) is 4.88 Å². The molecular formula is C12H11Br2NO2S2. The van der Waals surface area contributed by atoms with Crippen LogP contribution in [0, 0.1) is 6.92 Å². The quantitative estimate of drug-likeness (QED) is 0.699. The smallest absolute Gasteiger partial charge is 0.350 e. The number of anilines is 1. The number of halogens is 2. The van der Waals surface area contributed by atoms with E-state index in [-0.39, 0.29) is 5.97 Å². The summed E-state index contributed by atoms with van der Waals surface area (Å²) < 4.78 is 7.06. The molecule has 0 amide bonds. The standard InChI is InChI=1S/C12H11Br2NO2S2/c1-3-17-12(16)10-8(15)5(2)9(19-10)6-4-7(13)18-11(6)14/h4H,3,15H2,1-2H3. The Balaban J connectivity index is 2.52. The number of esters is 1. The third-order valence-electron chi connectivity index (χ3n) is 2.56. The first-order valence-electron chi connectivity index (χ1n) is 5.46. The van der Waals surface area contributed by atoms with Gasteiger partial charge in [-0.3, -0.25) is 0 Å². The van der Waals surface area contributed by atoms with Crippen LogP contribution in [0.5, 0.6) is 0 Å². The molecule has 2 N–H and O–H groups in total. The van der Waals surface area contributed by atoms with Gasteiger partial charge in [0.25, 0.3) is 0 Å². The minimum atomic E-state index is -0.357. The van der Waals surface area contributed by atoms with Crippen molar-refractivity contribution in [1.82, 2.24) is 0 Å². The molecule has 2 rings (SSSR count). The number of ether oxygens (including phenoxy) is 1. The van der Waals surface area contributed by atoms with E-state index < -0.39 is 0 Å². The number of rotatable bonds is 3. The molecule has 0 aliphatic heterocycles. The first kappa shape index (κ1) is 15.0. The molecule has 7 heteroatoms. The minimum absolute atomic E-state index is 0.345. The van der Waals surface area contributed by atoms with Crippen molar-refractivity contribution in [3.05, 3.63) is 24.1 Å². The van der Waals surface area contributed by atoms with Crippen molar-refractivity contribution in [3.8, 4) is 10.4 Å². The van der Waals surface area contributed by atoms with Gasteiger partial charge in [-0.05, 0) is 57.3 Å². The summed E-state index contributed by atoms with van der Waals surface area (Å²) in [5.41, 5.74) is 8.48. The van der Waals surface area contributed by atoms with E-state index >= 15 is 0 Å². The maximum absolute atomic E-state index is 11.8. The molecule has 0 radical (unpaired) electrons. The van der Waals surface area contributed by atoms with Gasteiger partial charge in [0.05, 0.1) is 19.9 Å². The summed E-state index contributed by atoms with van der Waals surface area (Å²) in [6.07, 6.45) is 0. The van der Waals surface area contributed by atoms with Crippen LogP contribution in [0.25, 0.3) is 10.4 Å². The SMILES string of the molecule is CCOC(=O)c1sc(-c2cc(Br)sc2Br)c(C)c1N. The Kier molecular flexibility index (Phi) is 4.70. The molecule has 2 heterocycles. The van der Waals surface area contributed by atoms with E-state index in [1.807, 2.05) is 13.0 Å². The van der Waals surface area contributed by atoms with Crippen molar-refractivity contribution in [2.75, 3.05) is 12.3 Å². The van der Waals surface area contributed by atoms with E-state index in [1.165, 1.54) is 11.3 Å². The molecule has 0 saturated carbocycles. The fourth-order valence-electron chi connectivity index (χ4n) is 1.63. The maximum Gasteiger partial charge on any atom is 0.350 e. The lowest BCUT2D eigenvalue weighted by Crippen LogP contribution is -2.05. The predicted molar refractivity (Wildman–Crippen MR) is 88.1 cm³/mol. The van der Waals surface area contributed by atoms with Crippen LogP contribution in [0.4, 0.5) is 5.69 Å². The number of hydrogen-bond acceptors (Lipinski definition) is 5. The Labute approximate surface area is 136 Å². The zero-order valence-corrected chi connectivity index (χ0v) is 15.1. The highest BCUT2D eigenvalue weighted by molar-refractivity contribution is 9.12. The summed E-state index contributed by atoms with van der Waals surface area (Å²) in [5.74, 6) is -0.357. The number of carbonyl (C=O) groups excluding carboxylic acids is 1. The van der Waals surface area contributed by atoms with Crippen LogP contribution in [-0.4, -0.2) is 12.6 Å². The predicted octanol–water partition coefficient (Wildman–Crippen LogP) is 5.07. The molecule has 19 heavy (non-hydrogen) atoms. The molecule has 0 aliphatic rings. The summed E-state index contributed by atoms with van der Waals surface area (Å²) in [4.78, 5) is 13.3. The molecule has 2 aromatic rings. The van der Waals surface area contributed by atoms with E-state index in [4.69, 9.17) is 10.5 Å². The van der Waals surface area contributed by atoms with Crippen molar-refractivity contribution in [1.29, 1.82) is 0 Å². The summed E-state index contributed by atoms with van der Waals surface area (Å²) >= 11 is 9.94. The van der Waals surface area contributed by atoms with E-state index in [0.29, 0.717) is 17.2 Å². The molecule has 102 valence electrons. The molecule has 0 atom stereocenters. The van der Waals surface area contributed by atoms with Crippen LogP contribution in [0.2, 0.25) is 0 Å². The fraction of sp³-hybridized carbons (Fsp3) is 0.250. The third-order valence-corrected chi connectivity index (χ3v) is 6.22. The lowest BCUT2D eigenvalue weighted by atomic mass is 10.1. The van der Waals surface area contributed by atoms with E-state index in [9.17, 15) is 4.79 Å². The third kappa shape index (κ3) is 2.89. The second-order valence-corrected chi connectivity index (χ2v) is 8.53. The molecular weight excluding hydrogens is 414 g/mol. The first-order chi connectivity index (χ1) is 8.95. The average Bonchev–Trinajstić information content (AvgIpc) is 2.82. The van der Waals surface area contributed by atoms with Gasteiger partial charge in [-0.1, -0.05) is 0 Å². The van der Waals surface area contributed by atoms with Gasteiger partial charge in [0, 0.05) is 10.4 Å². The first-order valence-corrected chi connectivity index (χ1v) is 8.68. The summed E-state index contributed by atoms with van der Waals surface area (Å²) in [6.45, 7) is 4.04. The Morgan fingerprint density at radius 2 is 2.11 bits per heavy atom. The van der Waals surface area contributed by atoms with Gasteiger partial charge in [0.2, 0.25) is 0 Å². The fourth-order valence-corrected chi connectivity index (χ4v) is 5.79. The van der Waals surface area contributed by atoms with Gasteiger partial charge in [-0.25, -0.2) is 4.79 Å². The van der Waals surface area contributed by atoms with E-state index in [2.05, 4.69) is 31.9 Å². The van der Waals surface area contributed by atoms with Gasteiger partial charge < -0.3 is 10.5 Å². The number of nitrogen functional groups attached to an aromatic ring is 1. The van der Waals surface area contributed by atoms with Crippen molar-refractivity contribution < 1.29 is 9.53 Å². The second-order valence-electron chi connectivity index (χ2n) is 3.76. The van der Waals surface area contributed by atoms with Crippen LogP contribution < -0.4 is 5.73 Å². The number of carbonyl (C=O) groups is 1. The molecule has 0 unspecified atom stereocenters. The highest BCUT2D eigenvalue weighted by Crippen LogP contribution is 2.45. The van der Waals surface area contributed by atoms with E-state index in [1.54, 1.807) is 18.3 Å². The Morgan fingerprint density at radius 1 is 1.42 bits per heavy atom. The molecule has 3 nitrogen and oxygen atoms in total. The lowest BCUT2D eigenvalue weighted by molar-refractivity contribution is 0.0533. The van der Waals surface area contributed by atoms with Crippen molar-refractivity contribution in [2.24, 2.45) is 0 Å². The van der Waals surface area contributed by atoms with Gasteiger partial charge in [0.15, 0.2) is 0 Å². The highest BCUT2D eigenvalue weighted by atomic mass is 79.9. The number of thiophene rings is 2. The summed E-state index contributed by atoms with van der Waals surface area (Å²) in [5, 5.41) is 0. The molecule has 2 aromatic heterocycles. The highest BCUT2D eigenvalue weighted by Gasteiger charge is 2.22. The summed E-state index contributed by atoms with van der Waals surface area (Å²) in [7, 11) is 0. The van der Waals surface area contributed by atoms with Gasteiger partial charge in [-0.2, -0.15) is 0 Å². The molecule has 0 aromatic carbocycles. The summed E-state index contributed by atoms with van der Waals surface area (Å²) in [6, 6.07) is 2.02. The van der Waals surface area contributed by atoms with Gasteiger partial charge in [-0.15, -0.1) is 22.7 Å². The molecule has 0 aliphatic carbocycles. The van der Waals surface area contributed by atoms with Crippen LogP contribution in [-0.2, 0) is 4.74 Å². The van der Waals surface area contributed by atoms with Crippen LogP contribution in [0.15, 0.2) is 13.6 Å². The van der Waals surface area contributed by atoms with Crippen LogP contribution in [0.1, 0.15) is 22.2 Å². The van der Waals surface area contributed by atoms with Crippen LogP contribution in [0.3, 0.4) is 0 Å². The zero-order valence-electron chi connectivity index (χ0n) is 10.3. The van der Waals surface area contributed by atoms with Crippen molar-refractivity contribution in [3.63, 3.8) is 0 Å². The zero-order chi connectivity index (χ0) is 14.2. The normalized spacial score (nSPS) is 10.7. The second kappa shape index (κ2) is 5.95. The van der Waals surface area contributed by atoms with E-state index in [0.717, 1.165) is 23.6 Å². The average molecular weight is 425 g/mol. The molecule has 0 spiro atoms. The minimum Gasteiger partial charge on any atom is -0.462 e. The maximum atomic E-state index is 11.8. The van der Waals surface area contributed by atoms with Gasteiger partial charge >= 0.3 is 5.97 Å². The van der Waals surface area contributed by atoms with Crippen LogP contribution >= 0.6 is 54.5 Å². The molecule has 0 saturated heterocycles.